The van der Waals surface area contributed by atoms with Crippen molar-refractivity contribution in [1.29, 1.82) is 0 Å². The number of hydrogen-bond donors (Lipinski definition) is 1. The van der Waals surface area contributed by atoms with E-state index < -0.39 is 0 Å². The van der Waals surface area contributed by atoms with Gasteiger partial charge in [-0.1, -0.05) is 19.3 Å². The lowest BCUT2D eigenvalue weighted by molar-refractivity contribution is 0.362. The van der Waals surface area contributed by atoms with Gasteiger partial charge in [-0.05, 0) is 37.1 Å². The van der Waals surface area contributed by atoms with Crippen LogP contribution in [0.4, 0.5) is 11.6 Å². The highest BCUT2D eigenvalue weighted by Gasteiger charge is 2.23. The summed E-state index contributed by atoms with van der Waals surface area (Å²) in [5, 5.41) is 17.0. The quantitative estimate of drug-likeness (QED) is 0.367. The van der Waals surface area contributed by atoms with Crippen LogP contribution >= 0.6 is 0 Å². The summed E-state index contributed by atoms with van der Waals surface area (Å²) in [6, 6.07) is 8.47. The molecule has 0 amide bonds. The smallest absolute Gasteiger partial charge is 0.229 e. The van der Waals surface area contributed by atoms with Gasteiger partial charge in [0, 0.05) is 49.0 Å². The number of nitrogens with zero attached hydrogens (tertiary/aromatic N) is 8. The number of methoxy groups -OCH3 is 1. The van der Waals surface area contributed by atoms with Crippen LogP contribution in [-0.2, 0) is 14.1 Å². The Bertz CT molecular complexity index is 1520. The van der Waals surface area contributed by atoms with E-state index in [-0.39, 0.29) is 0 Å². The number of rotatable bonds is 6. The zero-order valence-electron chi connectivity index (χ0n) is 20.7. The summed E-state index contributed by atoms with van der Waals surface area (Å²) in [5.74, 6) is 1.98. The molecule has 10 heteroatoms. The van der Waals surface area contributed by atoms with Crippen LogP contribution in [0.1, 0.15) is 38.1 Å². The van der Waals surface area contributed by atoms with Crippen LogP contribution in [0.3, 0.4) is 0 Å². The highest BCUT2D eigenvalue weighted by molar-refractivity contribution is 5.85. The average Bonchev–Trinajstić information content (AvgIpc) is 3.62. The second-order valence-electron chi connectivity index (χ2n) is 9.37. The fraction of sp³-hybridized carbons (Fsp3) is 0.346. The molecule has 0 saturated heterocycles. The lowest BCUT2D eigenvalue weighted by atomic mass is 9.95. The molecule has 36 heavy (non-hydrogen) atoms. The van der Waals surface area contributed by atoms with Gasteiger partial charge in [0.15, 0.2) is 5.82 Å². The van der Waals surface area contributed by atoms with Gasteiger partial charge in [0.1, 0.15) is 17.7 Å². The highest BCUT2D eigenvalue weighted by atomic mass is 16.5. The second-order valence-corrected chi connectivity index (χ2v) is 9.37. The zero-order valence-corrected chi connectivity index (χ0v) is 20.7. The molecule has 1 saturated carbocycles. The maximum atomic E-state index is 5.68. The third-order valence-electron chi connectivity index (χ3n) is 6.93. The van der Waals surface area contributed by atoms with Crippen molar-refractivity contribution in [2.45, 2.75) is 38.1 Å². The molecule has 4 aromatic heterocycles. The molecule has 0 atom stereocenters. The minimum absolute atomic E-state index is 0.412. The molecule has 184 valence electrons. The van der Waals surface area contributed by atoms with Crippen molar-refractivity contribution in [1.82, 2.24) is 39.1 Å². The maximum Gasteiger partial charge on any atom is 0.229 e. The van der Waals surface area contributed by atoms with E-state index >= 15 is 0 Å². The molecule has 10 nitrogen and oxygen atoms in total. The summed E-state index contributed by atoms with van der Waals surface area (Å²) >= 11 is 0. The van der Waals surface area contributed by atoms with E-state index in [1.807, 2.05) is 53.9 Å². The Hall–Kier alpha value is -4.21. The summed E-state index contributed by atoms with van der Waals surface area (Å²) in [5.41, 5.74) is 4.87. The van der Waals surface area contributed by atoms with Gasteiger partial charge in [0.25, 0.3) is 0 Å². The van der Waals surface area contributed by atoms with Gasteiger partial charge >= 0.3 is 0 Å². The van der Waals surface area contributed by atoms with Crippen LogP contribution in [0.15, 0.2) is 49.2 Å². The van der Waals surface area contributed by atoms with E-state index in [1.165, 1.54) is 19.3 Å². The first-order valence-corrected chi connectivity index (χ1v) is 12.3. The molecule has 4 heterocycles. The van der Waals surface area contributed by atoms with E-state index in [4.69, 9.17) is 9.72 Å². The standard InChI is InChI=1S/C26H29N9O/c1-33-16-28-32-25(33)17-9-10-21(23(12-17)36-3)30-26-27-13-18-11-22(19-14-29-34(2)15-19)35(24(18)31-26)20-7-5-4-6-8-20/h9-16,20H,4-8H2,1-3H3,(H,27,30,31). The minimum atomic E-state index is 0.412. The van der Waals surface area contributed by atoms with Crippen LogP contribution in [0.25, 0.3) is 33.7 Å². The summed E-state index contributed by atoms with van der Waals surface area (Å²) in [6.07, 6.45) is 13.6. The topological polar surface area (TPSA) is 101 Å². The highest BCUT2D eigenvalue weighted by Crippen LogP contribution is 2.37. The molecule has 0 spiro atoms. The van der Waals surface area contributed by atoms with Crippen molar-refractivity contribution in [2.75, 3.05) is 12.4 Å². The normalized spacial score (nSPS) is 14.4. The molecule has 1 fully saturated rings. The molecular weight excluding hydrogens is 454 g/mol. The molecule has 1 N–H and O–H groups in total. The molecule has 0 unspecified atom stereocenters. The molecular formula is C26H29N9O. The van der Waals surface area contributed by atoms with Crippen LogP contribution in [0.2, 0.25) is 0 Å². The van der Waals surface area contributed by atoms with E-state index in [0.29, 0.717) is 17.7 Å². The molecule has 0 bridgehead atoms. The van der Waals surface area contributed by atoms with E-state index in [0.717, 1.165) is 52.2 Å². The van der Waals surface area contributed by atoms with Crippen LogP contribution < -0.4 is 10.1 Å². The van der Waals surface area contributed by atoms with Gasteiger partial charge in [-0.2, -0.15) is 10.1 Å². The number of benzene rings is 1. The van der Waals surface area contributed by atoms with Crippen molar-refractivity contribution in [3.63, 3.8) is 0 Å². The Morgan fingerprint density at radius 1 is 1.03 bits per heavy atom. The molecule has 1 aliphatic rings. The fourth-order valence-electron chi connectivity index (χ4n) is 5.15. The Labute approximate surface area is 209 Å². The predicted octanol–water partition coefficient (Wildman–Crippen LogP) is 4.88. The molecule has 6 rings (SSSR count). The van der Waals surface area contributed by atoms with Gasteiger partial charge in [-0.15, -0.1) is 10.2 Å². The number of hydrogen-bond acceptors (Lipinski definition) is 7. The monoisotopic (exact) mass is 483 g/mol. The lowest BCUT2D eigenvalue weighted by Gasteiger charge is -2.25. The molecule has 1 aromatic carbocycles. The fourth-order valence-corrected chi connectivity index (χ4v) is 5.15. The Morgan fingerprint density at radius 3 is 2.61 bits per heavy atom. The number of nitrogens with one attached hydrogen (secondary N) is 1. The molecule has 0 aliphatic heterocycles. The number of aromatic nitrogens is 8. The van der Waals surface area contributed by atoms with Crippen LogP contribution in [-0.4, -0.2) is 46.2 Å². The van der Waals surface area contributed by atoms with Gasteiger partial charge in [0.05, 0.1) is 24.7 Å². The molecule has 0 radical (unpaired) electrons. The number of fused-ring (bicyclic) bond motifs is 1. The van der Waals surface area contributed by atoms with Gasteiger partial charge in [-0.25, -0.2) is 4.98 Å². The zero-order chi connectivity index (χ0) is 24.6. The maximum absolute atomic E-state index is 5.68. The SMILES string of the molecule is COc1cc(-c2nncn2C)ccc1Nc1ncc2cc(-c3cnn(C)c3)n(C3CCCCC3)c2n1. The molecule has 5 aromatic rings. The van der Waals surface area contributed by atoms with Crippen LogP contribution in [0, 0.1) is 0 Å². The van der Waals surface area contributed by atoms with Gasteiger partial charge in [0.2, 0.25) is 5.95 Å². The van der Waals surface area contributed by atoms with E-state index in [9.17, 15) is 0 Å². The second kappa shape index (κ2) is 9.10. The van der Waals surface area contributed by atoms with Crippen molar-refractivity contribution in [3.05, 3.63) is 49.2 Å². The Morgan fingerprint density at radius 2 is 1.89 bits per heavy atom. The van der Waals surface area contributed by atoms with E-state index in [1.54, 1.807) is 13.4 Å². The number of aryl methyl sites for hydroxylation is 2. The number of anilines is 2. The summed E-state index contributed by atoms with van der Waals surface area (Å²) in [4.78, 5) is 9.62. The van der Waals surface area contributed by atoms with Crippen molar-refractivity contribution >= 4 is 22.7 Å². The average molecular weight is 484 g/mol. The summed E-state index contributed by atoms with van der Waals surface area (Å²) < 4.78 is 11.8. The third kappa shape index (κ3) is 3.98. The Balaban J connectivity index is 1.39. The van der Waals surface area contributed by atoms with Crippen LogP contribution in [0.5, 0.6) is 5.75 Å². The lowest BCUT2D eigenvalue weighted by Crippen LogP contribution is -2.14. The largest absolute Gasteiger partial charge is 0.495 e. The van der Waals surface area contributed by atoms with Gasteiger partial charge < -0.3 is 19.2 Å². The summed E-state index contributed by atoms with van der Waals surface area (Å²) in [6.45, 7) is 0. The first-order chi connectivity index (χ1) is 17.6. The molecule has 1 aliphatic carbocycles. The predicted molar refractivity (Wildman–Crippen MR) is 138 cm³/mol. The van der Waals surface area contributed by atoms with E-state index in [2.05, 4.69) is 42.4 Å². The minimum Gasteiger partial charge on any atom is -0.495 e. The first kappa shape index (κ1) is 22.3. The number of ether oxygens (including phenoxy) is 1. The third-order valence-corrected chi connectivity index (χ3v) is 6.93. The van der Waals surface area contributed by atoms with Crippen molar-refractivity contribution in [3.8, 4) is 28.4 Å². The first-order valence-electron chi connectivity index (χ1n) is 12.3. The Kier molecular flexibility index (Phi) is 5.63. The van der Waals surface area contributed by atoms with Crippen molar-refractivity contribution < 1.29 is 4.74 Å². The van der Waals surface area contributed by atoms with Gasteiger partial charge in [-0.3, -0.25) is 4.68 Å². The summed E-state index contributed by atoms with van der Waals surface area (Å²) in [7, 11) is 5.51. The van der Waals surface area contributed by atoms with Crippen molar-refractivity contribution in [2.24, 2.45) is 14.1 Å².